The van der Waals surface area contributed by atoms with E-state index in [-0.39, 0.29) is 16.9 Å². The normalized spacial score (nSPS) is 18.8. The van der Waals surface area contributed by atoms with Crippen molar-refractivity contribution >= 4 is 17.7 Å². The van der Waals surface area contributed by atoms with E-state index in [4.69, 9.17) is 4.74 Å². The van der Waals surface area contributed by atoms with E-state index in [2.05, 4.69) is 31.1 Å². The molecule has 23 heavy (non-hydrogen) atoms. The number of benzene rings is 1. The van der Waals surface area contributed by atoms with Crippen LogP contribution in [0.5, 0.6) is 5.75 Å². The van der Waals surface area contributed by atoms with E-state index in [1.807, 2.05) is 37.8 Å². The summed E-state index contributed by atoms with van der Waals surface area (Å²) in [5.74, 6) is 1.69. The first kappa shape index (κ1) is 18.1. The second-order valence-electron chi connectivity index (χ2n) is 7.19. The highest BCUT2D eigenvalue weighted by molar-refractivity contribution is 8.00. The monoisotopic (exact) mass is 336 g/mol. The Balaban J connectivity index is 2.02. The SMILES string of the molecule is CN(C)CCCN1C(=O)CSC1c1ccc(OC(C)(C)C)cc1. The predicted octanol–water partition coefficient (Wildman–Crippen LogP) is 3.39. The predicted molar refractivity (Wildman–Crippen MR) is 96.9 cm³/mol. The summed E-state index contributed by atoms with van der Waals surface area (Å²) in [6, 6.07) is 8.16. The van der Waals surface area contributed by atoms with Crippen molar-refractivity contribution < 1.29 is 9.53 Å². The summed E-state index contributed by atoms with van der Waals surface area (Å²) in [4.78, 5) is 16.3. The Hall–Kier alpha value is -1.20. The summed E-state index contributed by atoms with van der Waals surface area (Å²) in [6.07, 6.45) is 1.00. The third-order valence-corrected chi connectivity index (χ3v) is 4.82. The summed E-state index contributed by atoms with van der Waals surface area (Å²) in [7, 11) is 4.12. The zero-order valence-corrected chi connectivity index (χ0v) is 15.7. The highest BCUT2D eigenvalue weighted by Gasteiger charge is 2.32. The Morgan fingerprint density at radius 2 is 1.91 bits per heavy atom. The maximum atomic E-state index is 12.2. The van der Waals surface area contributed by atoms with Gasteiger partial charge in [-0.05, 0) is 65.5 Å². The highest BCUT2D eigenvalue weighted by atomic mass is 32.2. The molecule has 0 spiro atoms. The van der Waals surface area contributed by atoms with Gasteiger partial charge in [-0.1, -0.05) is 12.1 Å². The number of ether oxygens (including phenoxy) is 1. The average molecular weight is 337 g/mol. The van der Waals surface area contributed by atoms with Gasteiger partial charge in [-0.3, -0.25) is 4.79 Å². The molecule has 0 aromatic heterocycles. The molecule has 1 unspecified atom stereocenters. The van der Waals surface area contributed by atoms with Crippen LogP contribution in [-0.4, -0.2) is 54.2 Å². The molecule has 0 aliphatic carbocycles. The van der Waals surface area contributed by atoms with Crippen molar-refractivity contribution in [1.82, 2.24) is 9.80 Å². The quantitative estimate of drug-likeness (QED) is 0.797. The zero-order valence-electron chi connectivity index (χ0n) is 14.8. The first-order chi connectivity index (χ1) is 10.8. The Labute approximate surface area is 144 Å². The lowest BCUT2D eigenvalue weighted by atomic mass is 10.1. The molecule has 0 saturated carbocycles. The van der Waals surface area contributed by atoms with Crippen LogP contribution in [0, 0.1) is 0 Å². The first-order valence-electron chi connectivity index (χ1n) is 8.11. The number of thioether (sulfide) groups is 1. The number of carbonyl (C=O) groups is 1. The molecule has 1 atom stereocenters. The summed E-state index contributed by atoms with van der Waals surface area (Å²) < 4.78 is 5.87. The van der Waals surface area contributed by atoms with Crippen molar-refractivity contribution in [2.45, 2.75) is 38.2 Å². The van der Waals surface area contributed by atoms with E-state index < -0.39 is 0 Å². The summed E-state index contributed by atoms with van der Waals surface area (Å²) in [6.45, 7) is 7.94. The first-order valence-corrected chi connectivity index (χ1v) is 9.16. The fourth-order valence-corrected chi connectivity index (χ4v) is 3.80. The Morgan fingerprint density at radius 3 is 2.48 bits per heavy atom. The maximum absolute atomic E-state index is 12.2. The minimum Gasteiger partial charge on any atom is -0.488 e. The van der Waals surface area contributed by atoms with Gasteiger partial charge in [-0.2, -0.15) is 0 Å². The van der Waals surface area contributed by atoms with Crippen LogP contribution in [0.15, 0.2) is 24.3 Å². The molecule has 1 amide bonds. The summed E-state index contributed by atoms with van der Waals surface area (Å²) in [5.41, 5.74) is 0.976. The van der Waals surface area contributed by atoms with E-state index in [9.17, 15) is 4.79 Å². The lowest BCUT2D eigenvalue weighted by Gasteiger charge is -2.26. The lowest BCUT2D eigenvalue weighted by molar-refractivity contribution is -0.128. The summed E-state index contributed by atoms with van der Waals surface area (Å²) >= 11 is 1.71. The molecule has 1 fully saturated rings. The van der Waals surface area contributed by atoms with E-state index in [1.54, 1.807) is 11.8 Å². The van der Waals surface area contributed by atoms with Gasteiger partial charge in [0.15, 0.2) is 0 Å². The molecular formula is C18H28N2O2S. The molecule has 1 aliphatic rings. The molecule has 0 radical (unpaired) electrons. The fraction of sp³-hybridized carbons (Fsp3) is 0.611. The Bertz CT molecular complexity index is 523. The van der Waals surface area contributed by atoms with Crippen LogP contribution < -0.4 is 4.74 Å². The molecule has 1 aromatic rings. The lowest BCUT2D eigenvalue weighted by Crippen LogP contribution is -2.31. The molecular weight excluding hydrogens is 308 g/mol. The van der Waals surface area contributed by atoms with Crippen LogP contribution in [0.1, 0.15) is 38.1 Å². The van der Waals surface area contributed by atoms with Crippen molar-refractivity contribution in [3.8, 4) is 5.75 Å². The third kappa shape index (κ3) is 5.43. The van der Waals surface area contributed by atoms with Gasteiger partial charge in [0.2, 0.25) is 5.91 Å². The third-order valence-electron chi connectivity index (χ3n) is 3.56. The highest BCUT2D eigenvalue weighted by Crippen LogP contribution is 2.39. The van der Waals surface area contributed by atoms with E-state index in [0.29, 0.717) is 5.75 Å². The van der Waals surface area contributed by atoms with Gasteiger partial charge in [-0.25, -0.2) is 0 Å². The zero-order chi connectivity index (χ0) is 17.0. The van der Waals surface area contributed by atoms with Crippen molar-refractivity contribution in [3.05, 3.63) is 29.8 Å². The Kier molecular flexibility index (Phi) is 5.98. The Morgan fingerprint density at radius 1 is 1.26 bits per heavy atom. The van der Waals surface area contributed by atoms with Crippen molar-refractivity contribution in [1.29, 1.82) is 0 Å². The smallest absolute Gasteiger partial charge is 0.233 e. The summed E-state index contributed by atoms with van der Waals surface area (Å²) in [5, 5.41) is 0.133. The molecule has 1 aromatic carbocycles. The van der Waals surface area contributed by atoms with E-state index >= 15 is 0 Å². The number of rotatable bonds is 6. The molecule has 4 nitrogen and oxygen atoms in total. The van der Waals surface area contributed by atoms with Crippen molar-refractivity contribution in [2.24, 2.45) is 0 Å². The van der Waals surface area contributed by atoms with Gasteiger partial charge in [0.1, 0.15) is 16.7 Å². The van der Waals surface area contributed by atoms with Crippen LogP contribution >= 0.6 is 11.8 Å². The number of carbonyl (C=O) groups excluding carboxylic acids is 1. The molecule has 0 bridgehead atoms. The maximum Gasteiger partial charge on any atom is 0.233 e. The number of amides is 1. The standard InChI is InChI=1S/C18H28N2O2S/c1-18(2,3)22-15-9-7-14(8-10-15)17-20(16(21)13-23-17)12-6-11-19(4)5/h7-10,17H,6,11-13H2,1-5H3. The van der Waals surface area contributed by atoms with Gasteiger partial charge < -0.3 is 14.5 Å². The molecule has 1 saturated heterocycles. The average Bonchev–Trinajstić information content (AvgIpc) is 2.79. The molecule has 2 rings (SSSR count). The second kappa shape index (κ2) is 7.58. The van der Waals surface area contributed by atoms with Gasteiger partial charge in [-0.15, -0.1) is 11.8 Å². The number of hydrogen-bond acceptors (Lipinski definition) is 4. The van der Waals surface area contributed by atoms with Crippen LogP contribution in [-0.2, 0) is 4.79 Å². The van der Waals surface area contributed by atoms with Crippen molar-refractivity contribution in [2.75, 3.05) is 32.9 Å². The number of nitrogens with zero attached hydrogens (tertiary/aromatic N) is 2. The van der Waals surface area contributed by atoms with Gasteiger partial charge in [0.25, 0.3) is 0 Å². The molecule has 1 heterocycles. The largest absolute Gasteiger partial charge is 0.488 e. The van der Waals surface area contributed by atoms with Crippen LogP contribution in [0.4, 0.5) is 0 Å². The van der Waals surface area contributed by atoms with Crippen LogP contribution in [0.3, 0.4) is 0 Å². The fourth-order valence-electron chi connectivity index (χ4n) is 2.58. The van der Waals surface area contributed by atoms with E-state index in [0.717, 1.165) is 25.3 Å². The van der Waals surface area contributed by atoms with Crippen LogP contribution in [0.25, 0.3) is 0 Å². The number of hydrogen-bond donors (Lipinski definition) is 0. The molecule has 128 valence electrons. The molecule has 5 heteroatoms. The van der Waals surface area contributed by atoms with E-state index in [1.165, 1.54) is 5.56 Å². The van der Waals surface area contributed by atoms with Crippen LogP contribution in [0.2, 0.25) is 0 Å². The van der Waals surface area contributed by atoms with Gasteiger partial charge in [0, 0.05) is 6.54 Å². The topological polar surface area (TPSA) is 32.8 Å². The second-order valence-corrected chi connectivity index (χ2v) is 8.26. The molecule has 1 aliphatic heterocycles. The van der Waals surface area contributed by atoms with Gasteiger partial charge in [0.05, 0.1) is 5.75 Å². The molecule has 0 N–H and O–H groups in total. The van der Waals surface area contributed by atoms with Crippen molar-refractivity contribution in [3.63, 3.8) is 0 Å². The van der Waals surface area contributed by atoms with Gasteiger partial charge >= 0.3 is 0 Å². The minimum atomic E-state index is -0.197. The minimum absolute atomic E-state index is 0.133.